The van der Waals surface area contributed by atoms with Crippen LogP contribution in [0.15, 0.2) is 47.9 Å². The van der Waals surface area contributed by atoms with E-state index in [1.54, 1.807) is 37.4 Å². The number of rotatable bonds is 2. The monoisotopic (exact) mass is 227 g/mol. The highest BCUT2D eigenvalue weighted by Gasteiger charge is 1.93. The van der Waals surface area contributed by atoms with Gasteiger partial charge in [-0.1, -0.05) is 24.8 Å². The Morgan fingerprint density at radius 2 is 2.00 bits per heavy atom. The van der Waals surface area contributed by atoms with Gasteiger partial charge in [0.1, 0.15) is 0 Å². The highest BCUT2D eigenvalue weighted by molar-refractivity contribution is 7.79. The molecule has 1 aromatic rings. The predicted octanol–water partition coefficient (Wildman–Crippen LogP) is 1.19. The minimum Gasteiger partial charge on any atom is -0.356 e. The summed E-state index contributed by atoms with van der Waals surface area (Å²) in [6.45, 7) is 3.22. The van der Waals surface area contributed by atoms with Gasteiger partial charge in [0.05, 0.1) is 4.90 Å². The summed E-state index contributed by atoms with van der Waals surface area (Å²) in [5.41, 5.74) is 0. The first-order valence-electron chi connectivity index (χ1n) is 4.12. The van der Waals surface area contributed by atoms with Crippen molar-refractivity contribution in [2.45, 2.75) is 4.90 Å². The SMILES string of the molecule is C=CC(=O)NC.O=S(O)c1ccccc1. The van der Waals surface area contributed by atoms with E-state index in [1.165, 1.54) is 6.08 Å². The molecule has 82 valence electrons. The van der Waals surface area contributed by atoms with Crippen molar-refractivity contribution in [2.24, 2.45) is 0 Å². The summed E-state index contributed by atoms with van der Waals surface area (Å²) in [4.78, 5) is 10.4. The van der Waals surface area contributed by atoms with E-state index in [0.29, 0.717) is 4.90 Å². The predicted molar refractivity (Wildman–Crippen MR) is 59.7 cm³/mol. The van der Waals surface area contributed by atoms with Crippen molar-refractivity contribution in [3.63, 3.8) is 0 Å². The third-order valence-electron chi connectivity index (χ3n) is 1.38. The summed E-state index contributed by atoms with van der Waals surface area (Å²) >= 11 is -1.83. The molecule has 4 nitrogen and oxygen atoms in total. The first kappa shape index (κ1) is 13.5. The van der Waals surface area contributed by atoms with E-state index in [1.807, 2.05) is 0 Å². The van der Waals surface area contributed by atoms with Gasteiger partial charge in [0, 0.05) is 7.05 Å². The third kappa shape index (κ3) is 6.59. The fourth-order valence-electron chi connectivity index (χ4n) is 0.639. The second-order valence-corrected chi connectivity index (χ2v) is 3.35. The van der Waals surface area contributed by atoms with Crippen LogP contribution in [0.2, 0.25) is 0 Å². The lowest BCUT2D eigenvalue weighted by molar-refractivity contribution is -0.116. The number of amides is 1. The van der Waals surface area contributed by atoms with Gasteiger partial charge in [-0.25, -0.2) is 4.21 Å². The van der Waals surface area contributed by atoms with Gasteiger partial charge in [0.25, 0.3) is 0 Å². The van der Waals surface area contributed by atoms with Crippen molar-refractivity contribution in [2.75, 3.05) is 7.05 Å². The third-order valence-corrected chi connectivity index (χ3v) is 2.05. The molecular weight excluding hydrogens is 214 g/mol. The van der Waals surface area contributed by atoms with Crippen LogP contribution in [0.4, 0.5) is 0 Å². The molecule has 0 aliphatic carbocycles. The Hall–Kier alpha value is -1.46. The average Bonchev–Trinajstić information content (AvgIpc) is 2.30. The smallest absolute Gasteiger partial charge is 0.243 e. The molecule has 0 aliphatic rings. The Morgan fingerprint density at radius 1 is 1.47 bits per heavy atom. The van der Waals surface area contributed by atoms with Gasteiger partial charge in [0.15, 0.2) is 11.1 Å². The molecule has 0 saturated carbocycles. The normalized spacial score (nSPS) is 10.5. The van der Waals surface area contributed by atoms with Gasteiger partial charge in [-0.2, -0.15) is 0 Å². The lowest BCUT2D eigenvalue weighted by atomic mass is 10.4. The molecule has 5 heteroatoms. The highest BCUT2D eigenvalue weighted by Crippen LogP contribution is 2.00. The number of benzene rings is 1. The number of hydrogen-bond acceptors (Lipinski definition) is 2. The van der Waals surface area contributed by atoms with Crippen LogP contribution in [0.25, 0.3) is 0 Å². The standard InChI is InChI=1S/C6H6O2S.C4H7NO/c7-9(8)6-4-2-1-3-5-6;1-3-4(6)5-2/h1-5H,(H,7,8);3H,1H2,2H3,(H,5,6). The van der Waals surface area contributed by atoms with Crippen molar-refractivity contribution in [1.29, 1.82) is 0 Å². The van der Waals surface area contributed by atoms with E-state index >= 15 is 0 Å². The molecule has 15 heavy (non-hydrogen) atoms. The summed E-state index contributed by atoms with van der Waals surface area (Å²) in [6, 6.07) is 8.47. The largest absolute Gasteiger partial charge is 0.356 e. The highest BCUT2D eigenvalue weighted by atomic mass is 32.2. The van der Waals surface area contributed by atoms with Gasteiger partial charge < -0.3 is 9.87 Å². The number of hydrogen-bond donors (Lipinski definition) is 2. The van der Waals surface area contributed by atoms with Gasteiger partial charge in [-0.05, 0) is 18.2 Å². The van der Waals surface area contributed by atoms with Crippen molar-refractivity contribution in [3.8, 4) is 0 Å². The van der Waals surface area contributed by atoms with Crippen LogP contribution in [-0.2, 0) is 15.9 Å². The molecule has 0 heterocycles. The summed E-state index contributed by atoms with van der Waals surface area (Å²) in [5.74, 6) is -0.144. The maximum atomic E-state index is 10.3. The fraction of sp³-hybridized carbons (Fsp3) is 0.100. The maximum absolute atomic E-state index is 10.3. The van der Waals surface area contributed by atoms with E-state index in [2.05, 4.69) is 11.9 Å². The quantitative estimate of drug-likeness (QED) is 0.589. The molecule has 1 atom stereocenters. The van der Waals surface area contributed by atoms with Crippen molar-refractivity contribution >= 4 is 17.0 Å². The molecule has 1 rings (SSSR count). The Labute approximate surface area is 91.3 Å². The molecule has 0 aromatic heterocycles. The number of carbonyl (C=O) groups excluding carboxylic acids is 1. The topological polar surface area (TPSA) is 66.4 Å². The summed E-state index contributed by atoms with van der Waals surface area (Å²) < 4.78 is 18.8. The van der Waals surface area contributed by atoms with E-state index in [9.17, 15) is 9.00 Å². The van der Waals surface area contributed by atoms with Crippen LogP contribution >= 0.6 is 0 Å². The molecule has 0 saturated heterocycles. The lowest BCUT2D eigenvalue weighted by Gasteiger charge is -1.89. The van der Waals surface area contributed by atoms with E-state index in [-0.39, 0.29) is 5.91 Å². The molecular formula is C10H13NO3S. The van der Waals surface area contributed by atoms with E-state index in [4.69, 9.17) is 4.55 Å². The van der Waals surface area contributed by atoms with Crippen molar-refractivity contribution < 1.29 is 13.6 Å². The van der Waals surface area contributed by atoms with Crippen molar-refractivity contribution in [1.82, 2.24) is 5.32 Å². The fourth-order valence-corrected chi connectivity index (χ4v) is 1.03. The van der Waals surface area contributed by atoms with Crippen LogP contribution < -0.4 is 5.32 Å². The van der Waals surface area contributed by atoms with Gasteiger partial charge in [-0.3, -0.25) is 4.79 Å². The Bertz CT molecular complexity index is 338. The second kappa shape index (κ2) is 7.90. The van der Waals surface area contributed by atoms with Crippen LogP contribution in [-0.4, -0.2) is 21.7 Å². The van der Waals surface area contributed by atoms with Gasteiger partial charge >= 0.3 is 0 Å². The Kier molecular flexibility index (Phi) is 7.13. The maximum Gasteiger partial charge on any atom is 0.243 e. The Balaban J connectivity index is 0.000000288. The summed E-state index contributed by atoms with van der Waals surface area (Å²) in [5, 5.41) is 2.36. The van der Waals surface area contributed by atoms with Crippen LogP contribution in [0.3, 0.4) is 0 Å². The zero-order chi connectivity index (χ0) is 11.7. The number of nitrogens with one attached hydrogen (secondary N) is 1. The zero-order valence-electron chi connectivity index (χ0n) is 8.34. The molecule has 0 fully saturated rings. The average molecular weight is 227 g/mol. The molecule has 0 bridgehead atoms. The number of carbonyl (C=O) groups is 1. The Morgan fingerprint density at radius 3 is 2.20 bits per heavy atom. The van der Waals surface area contributed by atoms with Gasteiger partial charge in [-0.15, -0.1) is 0 Å². The molecule has 2 N–H and O–H groups in total. The van der Waals surface area contributed by atoms with Crippen LogP contribution in [0, 0.1) is 0 Å². The summed E-state index contributed by atoms with van der Waals surface area (Å²) in [7, 11) is 1.56. The molecule has 1 amide bonds. The minimum absolute atomic E-state index is 0.144. The molecule has 0 radical (unpaired) electrons. The van der Waals surface area contributed by atoms with E-state index < -0.39 is 11.1 Å². The molecule has 0 aliphatic heterocycles. The van der Waals surface area contributed by atoms with Crippen LogP contribution in [0.5, 0.6) is 0 Å². The lowest BCUT2D eigenvalue weighted by Crippen LogP contribution is -2.13. The first-order valence-corrected chi connectivity index (χ1v) is 5.22. The second-order valence-electron chi connectivity index (χ2n) is 2.38. The molecule has 1 unspecified atom stereocenters. The molecule has 0 spiro atoms. The molecule has 1 aromatic carbocycles. The number of likely N-dealkylation sites (N-methyl/N-ethyl adjacent to an activating group) is 1. The van der Waals surface area contributed by atoms with Gasteiger partial charge in [0.2, 0.25) is 5.91 Å². The first-order chi connectivity index (χ1) is 7.11. The van der Waals surface area contributed by atoms with Crippen molar-refractivity contribution in [3.05, 3.63) is 43.0 Å². The minimum atomic E-state index is -1.83. The zero-order valence-corrected chi connectivity index (χ0v) is 9.16. The van der Waals surface area contributed by atoms with Crippen LogP contribution in [0.1, 0.15) is 0 Å². The van der Waals surface area contributed by atoms with E-state index in [0.717, 1.165) is 0 Å². The summed E-state index contributed by atoms with van der Waals surface area (Å²) in [6.07, 6.45) is 1.22.